The Hall–Kier alpha value is -2.30. The molecule has 1 aliphatic carbocycles. The number of benzene rings is 1. The molecule has 1 atom stereocenters. The number of H-pyrrole nitrogens is 1. The van der Waals surface area contributed by atoms with Crippen LogP contribution >= 0.6 is 0 Å². The molecular weight excluding hydrogens is 290 g/mol. The van der Waals surface area contributed by atoms with E-state index in [0.29, 0.717) is 13.2 Å². The van der Waals surface area contributed by atoms with Crippen molar-refractivity contribution in [1.29, 1.82) is 0 Å². The van der Waals surface area contributed by atoms with Gasteiger partial charge in [0, 0.05) is 11.6 Å². The number of hydrogen-bond donors (Lipinski definition) is 2. The number of hydrogen-bond acceptors (Lipinski definition) is 3. The number of rotatable bonds is 3. The normalized spacial score (nSPS) is 19.4. The minimum Gasteiger partial charge on any atom is -0.493 e. The van der Waals surface area contributed by atoms with E-state index in [2.05, 4.69) is 15.5 Å². The van der Waals surface area contributed by atoms with Crippen molar-refractivity contribution >= 4 is 5.91 Å². The Balaban J connectivity index is 1.41. The molecule has 5 nitrogen and oxygen atoms in total. The second-order valence-electron chi connectivity index (χ2n) is 6.34. The van der Waals surface area contributed by atoms with Gasteiger partial charge in [0.15, 0.2) is 0 Å². The second kappa shape index (κ2) is 6.07. The molecule has 1 aromatic heterocycles. The van der Waals surface area contributed by atoms with Crippen LogP contribution in [0.4, 0.5) is 0 Å². The summed E-state index contributed by atoms with van der Waals surface area (Å²) in [5.74, 6) is 0.971. The van der Waals surface area contributed by atoms with Crippen molar-refractivity contribution in [2.45, 2.75) is 38.6 Å². The van der Waals surface area contributed by atoms with E-state index in [-0.39, 0.29) is 11.8 Å². The van der Waals surface area contributed by atoms with Crippen molar-refractivity contribution in [3.8, 4) is 5.75 Å². The van der Waals surface area contributed by atoms with Crippen LogP contribution in [0.15, 0.2) is 24.3 Å². The maximum atomic E-state index is 12.6. The van der Waals surface area contributed by atoms with Crippen LogP contribution < -0.4 is 10.1 Å². The predicted octanol–water partition coefficient (Wildman–Crippen LogP) is 2.16. The summed E-state index contributed by atoms with van der Waals surface area (Å²) >= 11 is 0. The molecular formula is C18H21N3O2. The van der Waals surface area contributed by atoms with E-state index in [1.54, 1.807) is 0 Å². The molecule has 0 saturated carbocycles. The molecule has 1 aromatic carbocycles. The molecule has 0 fully saturated rings. The Morgan fingerprint density at radius 3 is 3.22 bits per heavy atom. The zero-order valence-electron chi connectivity index (χ0n) is 13.1. The van der Waals surface area contributed by atoms with Gasteiger partial charge in [0.05, 0.1) is 18.8 Å². The number of nitrogens with one attached hydrogen (secondary N) is 2. The van der Waals surface area contributed by atoms with E-state index in [1.807, 2.05) is 24.3 Å². The fraction of sp³-hybridized carbons (Fsp3) is 0.444. The highest BCUT2D eigenvalue weighted by Gasteiger charge is 2.24. The maximum Gasteiger partial charge on any atom is 0.223 e. The van der Waals surface area contributed by atoms with Gasteiger partial charge < -0.3 is 10.1 Å². The topological polar surface area (TPSA) is 67.0 Å². The first kappa shape index (κ1) is 14.3. The molecule has 0 bridgehead atoms. The fourth-order valence-electron chi connectivity index (χ4n) is 3.57. The quantitative estimate of drug-likeness (QED) is 0.913. The van der Waals surface area contributed by atoms with Crippen molar-refractivity contribution in [3.63, 3.8) is 0 Å². The van der Waals surface area contributed by atoms with Crippen LogP contribution in [0.3, 0.4) is 0 Å². The molecule has 0 spiro atoms. The lowest BCUT2D eigenvalue weighted by molar-refractivity contribution is -0.125. The van der Waals surface area contributed by atoms with Gasteiger partial charge in [-0.3, -0.25) is 9.89 Å². The average Bonchev–Trinajstić information content (AvgIpc) is 3.10. The van der Waals surface area contributed by atoms with Crippen molar-refractivity contribution in [3.05, 3.63) is 46.8 Å². The Kier molecular flexibility index (Phi) is 3.77. The summed E-state index contributed by atoms with van der Waals surface area (Å²) in [5.41, 5.74) is 4.66. The van der Waals surface area contributed by atoms with Crippen LogP contribution in [0.1, 0.15) is 35.4 Å². The van der Waals surface area contributed by atoms with Crippen LogP contribution in [0.2, 0.25) is 0 Å². The summed E-state index contributed by atoms with van der Waals surface area (Å²) in [6, 6.07) is 7.98. The van der Waals surface area contributed by atoms with E-state index >= 15 is 0 Å². The number of carbonyl (C=O) groups is 1. The number of aromatic amines is 1. The standard InChI is InChI=1S/C18H21N3O2/c22-18(19-11-16-14-5-3-6-15(14)20-21-16)13-8-9-23-17-7-2-1-4-12(17)10-13/h1-2,4,7,13H,3,5-6,8-11H2,(H,19,22)(H,20,21)/t13-/m1/s1. The molecule has 2 aromatic rings. The Morgan fingerprint density at radius 2 is 2.26 bits per heavy atom. The number of nitrogens with zero attached hydrogens (tertiary/aromatic N) is 1. The summed E-state index contributed by atoms with van der Waals surface area (Å²) in [7, 11) is 0. The van der Waals surface area contributed by atoms with Crippen LogP contribution in [-0.4, -0.2) is 22.7 Å². The largest absolute Gasteiger partial charge is 0.493 e. The molecule has 1 amide bonds. The van der Waals surface area contributed by atoms with Crippen molar-refractivity contribution in [2.75, 3.05) is 6.61 Å². The van der Waals surface area contributed by atoms with Gasteiger partial charge in [0.2, 0.25) is 5.91 Å². The summed E-state index contributed by atoms with van der Waals surface area (Å²) in [4.78, 5) is 12.6. The Bertz CT molecular complexity index is 723. The molecule has 4 rings (SSSR count). The highest BCUT2D eigenvalue weighted by molar-refractivity contribution is 5.79. The van der Waals surface area contributed by atoms with E-state index in [9.17, 15) is 4.79 Å². The zero-order valence-corrected chi connectivity index (χ0v) is 13.1. The van der Waals surface area contributed by atoms with Crippen LogP contribution in [-0.2, 0) is 30.6 Å². The van der Waals surface area contributed by atoms with E-state index < -0.39 is 0 Å². The van der Waals surface area contributed by atoms with Gasteiger partial charge in [-0.25, -0.2) is 0 Å². The minimum atomic E-state index is -0.0364. The SMILES string of the molecule is O=C(NCc1n[nH]c2c1CCC2)[C@@H]1CCOc2ccccc2C1. The van der Waals surface area contributed by atoms with Gasteiger partial charge >= 0.3 is 0 Å². The van der Waals surface area contributed by atoms with Gasteiger partial charge in [-0.1, -0.05) is 18.2 Å². The lowest BCUT2D eigenvalue weighted by Gasteiger charge is -2.13. The molecule has 0 saturated heterocycles. The third-order valence-corrected chi connectivity index (χ3v) is 4.86. The molecule has 0 unspecified atom stereocenters. The van der Waals surface area contributed by atoms with Gasteiger partial charge in [0.1, 0.15) is 5.75 Å². The van der Waals surface area contributed by atoms with Crippen molar-refractivity contribution < 1.29 is 9.53 Å². The number of ether oxygens (including phenoxy) is 1. The summed E-state index contributed by atoms with van der Waals surface area (Å²) < 4.78 is 5.74. The highest BCUT2D eigenvalue weighted by atomic mass is 16.5. The third kappa shape index (κ3) is 2.83. The number of aryl methyl sites for hydroxylation is 1. The summed E-state index contributed by atoms with van der Waals surface area (Å²) in [5, 5.41) is 10.5. The van der Waals surface area contributed by atoms with E-state index in [0.717, 1.165) is 42.7 Å². The van der Waals surface area contributed by atoms with Gasteiger partial charge in [0.25, 0.3) is 0 Å². The monoisotopic (exact) mass is 311 g/mol. The number of amides is 1. The smallest absolute Gasteiger partial charge is 0.223 e. The Labute approximate surface area is 135 Å². The number of aromatic nitrogens is 2. The van der Waals surface area contributed by atoms with Crippen LogP contribution in [0, 0.1) is 5.92 Å². The maximum absolute atomic E-state index is 12.6. The van der Waals surface area contributed by atoms with Gasteiger partial charge in [-0.15, -0.1) is 0 Å². The minimum absolute atomic E-state index is 0.0364. The number of para-hydroxylation sites is 1. The molecule has 0 radical (unpaired) electrons. The number of carbonyl (C=O) groups excluding carboxylic acids is 1. The van der Waals surface area contributed by atoms with E-state index in [4.69, 9.17) is 4.74 Å². The molecule has 5 heteroatoms. The molecule has 2 heterocycles. The van der Waals surface area contributed by atoms with Crippen molar-refractivity contribution in [2.24, 2.45) is 5.92 Å². The summed E-state index contributed by atoms with van der Waals surface area (Å²) in [6.07, 6.45) is 4.82. The first-order valence-electron chi connectivity index (χ1n) is 8.34. The molecule has 1 aliphatic heterocycles. The predicted molar refractivity (Wildman–Crippen MR) is 86.2 cm³/mol. The molecule has 2 N–H and O–H groups in total. The lowest BCUT2D eigenvalue weighted by Crippen LogP contribution is -2.32. The Morgan fingerprint density at radius 1 is 1.35 bits per heavy atom. The average molecular weight is 311 g/mol. The third-order valence-electron chi connectivity index (χ3n) is 4.86. The molecule has 120 valence electrons. The first-order valence-corrected chi connectivity index (χ1v) is 8.34. The van der Waals surface area contributed by atoms with E-state index in [1.165, 1.54) is 17.7 Å². The second-order valence-corrected chi connectivity index (χ2v) is 6.34. The summed E-state index contributed by atoms with van der Waals surface area (Å²) in [6.45, 7) is 1.11. The first-order chi connectivity index (χ1) is 11.3. The lowest BCUT2D eigenvalue weighted by atomic mass is 9.96. The van der Waals surface area contributed by atoms with Crippen LogP contribution in [0.5, 0.6) is 5.75 Å². The molecule has 2 aliphatic rings. The van der Waals surface area contributed by atoms with Gasteiger partial charge in [-0.05, 0) is 49.3 Å². The number of fused-ring (bicyclic) bond motifs is 2. The fourth-order valence-corrected chi connectivity index (χ4v) is 3.57. The zero-order chi connectivity index (χ0) is 15.6. The van der Waals surface area contributed by atoms with Gasteiger partial charge in [-0.2, -0.15) is 5.10 Å². The van der Waals surface area contributed by atoms with Crippen LogP contribution in [0.25, 0.3) is 0 Å². The highest BCUT2D eigenvalue weighted by Crippen LogP contribution is 2.27. The molecule has 23 heavy (non-hydrogen) atoms. The van der Waals surface area contributed by atoms with Crippen molar-refractivity contribution in [1.82, 2.24) is 15.5 Å².